The third-order valence-electron chi connectivity index (χ3n) is 5.40. The van der Waals surface area contributed by atoms with Crippen molar-refractivity contribution in [3.63, 3.8) is 0 Å². The average Bonchev–Trinajstić information content (AvgIpc) is 3.13. The molecule has 0 radical (unpaired) electrons. The molecule has 0 aliphatic heterocycles. The molecule has 0 unspecified atom stereocenters. The van der Waals surface area contributed by atoms with Gasteiger partial charge in [0.05, 0.1) is 22.6 Å². The number of anilines is 1. The molecular weight excluding hydrogens is 474 g/mol. The van der Waals surface area contributed by atoms with Crippen LogP contribution in [0.3, 0.4) is 0 Å². The van der Waals surface area contributed by atoms with Gasteiger partial charge < -0.3 is 14.6 Å². The van der Waals surface area contributed by atoms with E-state index in [9.17, 15) is 19.7 Å². The van der Waals surface area contributed by atoms with Crippen molar-refractivity contribution in [2.75, 3.05) is 11.9 Å². The van der Waals surface area contributed by atoms with Gasteiger partial charge in [0.25, 0.3) is 11.6 Å². The van der Waals surface area contributed by atoms with Crippen LogP contribution in [-0.2, 0) is 11.3 Å². The van der Waals surface area contributed by atoms with Gasteiger partial charge in [-0.05, 0) is 37.6 Å². The smallest absolute Gasteiger partial charge is 0.344 e. The first-order chi connectivity index (χ1) is 16.8. The fourth-order valence-corrected chi connectivity index (χ4v) is 3.92. The summed E-state index contributed by atoms with van der Waals surface area (Å²) in [5.74, 6) is -1.14. The molecule has 1 N–H and O–H groups in total. The molecule has 2 heterocycles. The highest BCUT2D eigenvalue weighted by atomic mass is 35.5. The normalized spacial score (nSPS) is 11.1. The Morgan fingerprint density at radius 1 is 1.14 bits per heavy atom. The number of benzene rings is 2. The third-order valence-corrected chi connectivity index (χ3v) is 5.72. The number of aryl methyl sites for hydroxylation is 1. The summed E-state index contributed by atoms with van der Waals surface area (Å²) < 4.78 is 7.01. The maximum Gasteiger partial charge on any atom is 0.344 e. The van der Waals surface area contributed by atoms with E-state index in [0.29, 0.717) is 28.7 Å². The Morgan fingerprint density at radius 2 is 1.86 bits per heavy atom. The number of fused-ring (bicyclic) bond motifs is 2. The van der Waals surface area contributed by atoms with E-state index in [2.05, 4.69) is 10.3 Å². The van der Waals surface area contributed by atoms with Crippen molar-refractivity contribution in [1.29, 1.82) is 0 Å². The Kier molecular flexibility index (Phi) is 6.92. The number of rotatable bonds is 8. The summed E-state index contributed by atoms with van der Waals surface area (Å²) in [5.41, 5.74) is 1.64. The highest BCUT2D eigenvalue weighted by molar-refractivity contribution is 6.32. The van der Waals surface area contributed by atoms with Crippen LogP contribution in [0.5, 0.6) is 0 Å². The maximum atomic E-state index is 13.2. The predicted octanol–water partition coefficient (Wildman–Crippen LogP) is 5.38. The second-order valence-corrected chi connectivity index (χ2v) is 8.12. The molecule has 0 atom stereocenters. The van der Waals surface area contributed by atoms with Crippen LogP contribution in [0.25, 0.3) is 22.2 Å². The lowest BCUT2D eigenvalue weighted by Crippen LogP contribution is -2.18. The van der Waals surface area contributed by atoms with Gasteiger partial charge >= 0.3 is 5.97 Å². The van der Waals surface area contributed by atoms with E-state index in [4.69, 9.17) is 21.3 Å². The van der Waals surface area contributed by atoms with Crippen LogP contribution >= 0.6 is 11.6 Å². The number of unbranched alkanes of at least 4 members (excludes halogenated alkanes) is 1. The molecule has 2 aromatic carbocycles. The Labute approximate surface area is 205 Å². The number of carbonyl (C=O) groups excluding carboxylic acids is 2. The van der Waals surface area contributed by atoms with Gasteiger partial charge in [-0.3, -0.25) is 14.9 Å². The number of ether oxygens (including phenoxy) is 1. The van der Waals surface area contributed by atoms with Crippen molar-refractivity contribution in [3.05, 3.63) is 68.7 Å². The fourth-order valence-electron chi connectivity index (χ4n) is 3.73. The largest absolute Gasteiger partial charge is 0.462 e. The third kappa shape index (κ3) is 4.65. The molecule has 4 aromatic rings. The summed E-state index contributed by atoms with van der Waals surface area (Å²) in [6.45, 7) is 4.28. The number of aromatic nitrogens is 3. The first-order valence-electron chi connectivity index (χ1n) is 11.1. The molecule has 0 fully saturated rings. The van der Waals surface area contributed by atoms with Gasteiger partial charge in [0, 0.05) is 18.2 Å². The first kappa shape index (κ1) is 24.1. The number of amides is 1. The summed E-state index contributed by atoms with van der Waals surface area (Å²) in [6, 6.07) is 11.0. The highest BCUT2D eigenvalue weighted by Crippen LogP contribution is 2.32. The van der Waals surface area contributed by atoms with Crippen molar-refractivity contribution in [2.45, 2.75) is 33.2 Å². The summed E-state index contributed by atoms with van der Waals surface area (Å²) in [4.78, 5) is 46.2. The molecule has 0 saturated carbocycles. The van der Waals surface area contributed by atoms with E-state index in [1.165, 1.54) is 12.1 Å². The summed E-state index contributed by atoms with van der Waals surface area (Å²) in [5, 5.41) is 13.9. The van der Waals surface area contributed by atoms with Crippen LogP contribution in [0.15, 0.2) is 42.5 Å². The standard InChI is InChI=1S/C24H22ClN5O5/c1-3-5-12-29-21(28-23(31)14-10-11-15(25)18(13-14)30(33)34)19(24(32)35-4-2)20-22(29)27-17-9-7-6-8-16(17)26-20/h6-11,13H,3-5,12H2,1-2H3,(H,28,31). The fraction of sp³-hybridized carbons (Fsp3) is 0.250. The van der Waals surface area contributed by atoms with E-state index in [-0.39, 0.29) is 28.6 Å². The molecule has 0 saturated heterocycles. The molecule has 180 valence electrons. The molecule has 0 bridgehead atoms. The van der Waals surface area contributed by atoms with Gasteiger partial charge in [0.2, 0.25) is 0 Å². The number of hydrogen-bond donors (Lipinski definition) is 1. The van der Waals surface area contributed by atoms with Crippen molar-refractivity contribution in [1.82, 2.24) is 14.5 Å². The molecule has 1 amide bonds. The van der Waals surface area contributed by atoms with Crippen molar-refractivity contribution < 1.29 is 19.2 Å². The minimum Gasteiger partial charge on any atom is -0.462 e. The molecular formula is C24H22ClN5O5. The Morgan fingerprint density at radius 3 is 2.51 bits per heavy atom. The number of nitrogens with one attached hydrogen (secondary N) is 1. The zero-order valence-electron chi connectivity index (χ0n) is 19.1. The lowest BCUT2D eigenvalue weighted by molar-refractivity contribution is -0.384. The predicted molar refractivity (Wildman–Crippen MR) is 132 cm³/mol. The number of hydrogen-bond acceptors (Lipinski definition) is 7. The Balaban J connectivity index is 1.92. The summed E-state index contributed by atoms with van der Waals surface area (Å²) in [7, 11) is 0. The lowest BCUT2D eigenvalue weighted by atomic mass is 10.2. The minimum atomic E-state index is -0.666. The molecule has 4 rings (SSSR count). The minimum absolute atomic E-state index is 0.00860. The van der Waals surface area contributed by atoms with Crippen molar-refractivity contribution >= 4 is 57.2 Å². The van der Waals surface area contributed by atoms with Gasteiger partial charge in [0.1, 0.15) is 21.9 Å². The van der Waals surface area contributed by atoms with Crippen LogP contribution < -0.4 is 5.32 Å². The summed E-state index contributed by atoms with van der Waals surface area (Å²) >= 11 is 5.89. The van der Waals surface area contributed by atoms with E-state index in [0.717, 1.165) is 18.9 Å². The highest BCUT2D eigenvalue weighted by Gasteiger charge is 2.28. The maximum absolute atomic E-state index is 13.2. The monoisotopic (exact) mass is 495 g/mol. The van der Waals surface area contributed by atoms with Crippen LogP contribution in [-0.4, -0.2) is 37.9 Å². The first-order valence-corrected chi connectivity index (χ1v) is 11.4. The van der Waals surface area contributed by atoms with Gasteiger partial charge in [0.15, 0.2) is 5.65 Å². The molecule has 0 aliphatic carbocycles. The number of carbonyl (C=O) groups is 2. The lowest BCUT2D eigenvalue weighted by Gasteiger charge is -2.12. The number of para-hydroxylation sites is 2. The Hall–Kier alpha value is -4.05. The molecule has 0 spiro atoms. The van der Waals surface area contributed by atoms with E-state index < -0.39 is 22.5 Å². The van der Waals surface area contributed by atoms with Crippen LogP contribution in [0, 0.1) is 10.1 Å². The molecule has 11 heteroatoms. The second kappa shape index (κ2) is 10.1. The van der Waals surface area contributed by atoms with E-state index >= 15 is 0 Å². The molecule has 10 nitrogen and oxygen atoms in total. The van der Waals surface area contributed by atoms with Crippen LogP contribution in [0.2, 0.25) is 5.02 Å². The summed E-state index contributed by atoms with van der Waals surface area (Å²) in [6.07, 6.45) is 1.60. The van der Waals surface area contributed by atoms with Gasteiger partial charge in [-0.15, -0.1) is 0 Å². The molecule has 35 heavy (non-hydrogen) atoms. The van der Waals surface area contributed by atoms with Gasteiger partial charge in [-0.1, -0.05) is 37.1 Å². The van der Waals surface area contributed by atoms with Crippen LogP contribution in [0.1, 0.15) is 47.4 Å². The second-order valence-electron chi connectivity index (χ2n) is 7.71. The van der Waals surface area contributed by atoms with E-state index in [1.807, 2.05) is 25.1 Å². The number of halogens is 1. The Bertz CT molecular complexity index is 1470. The zero-order valence-corrected chi connectivity index (χ0v) is 19.8. The van der Waals surface area contributed by atoms with E-state index in [1.54, 1.807) is 17.6 Å². The van der Waals surface area contributed by atoms with Gasteiger partial charge in [-0.25, -0.2) is 14.8 Å². The molecule has 2 aromatic heterocycles. The van der Waals surface area contributed by atoms with Crippen LogP contribution in [0.4, 0.5) is 11.5 Å². The van der Waals surface area contributed by atoms with Crippen molar-refractivity contribution in [3.8, 4) is 0 Å². The zero-order chi connectivity index (χ0) is 25.1. The molecule has 0 aliphatic rings. The topological polar surface area (TPSA) is 129 Å². The quantitative estimate of drug-likeness (QED) is 0.197. The number of nitrogens with zero attached hydrogens (tertiary/aromatic N) is 4. The number of esters is 1. The average molecular weight is 496 g/mol. The van der Waals surface area contributed by atoms with Gasteiger partial charge in [-0.2, -0.15) is 0 Å². The SMILES string of the molecule is CCCCn1c(NC(=O)c2ccc(Cl)c([N+](=O)[O-])c2)c(C(=O)OCC)c2nc3ccccc3nc21. The number of nitro benzene ring substituents is 1. The van der Waals surface area contributed by atoms with Crippen molar-refractivity contribution in [2.24, 2.45) is 0 Å². The number of nitro groups is 1.